The summed E-state index contributed by atoms with van der Waals surface area (Å²) in [4.78, 5) is 13.6. The summed E-state index contributed by atoms with van der Waals surface area (Å²) >= 11 is 0. The van der Waals surface area contributed by atoms with E-state index in [1.165, 1.54) is 12.8 Å². The Kier molecular flexibility index (Phi) is 2.60. The summed E-state index contributed by atoms with van der Waals surface area (Å²) in [6.45, 7) is 1.84. The van der Waals surface area contributed by atoms with Crippen molar-refractivity contribution in [1.82, 2.24) is 10.3 Å². The van der Waals surface area contributed by atoms with Gasteiger partial charge in [-0.05, 0) is 31.0 Å². The fourth-order valence-corrected chi connectivity index (χ4v) is 1.83. The van der Waals surface area contributed by atoms with Crippen LogP contribution in [0.4, 0.5) is 5.69 Å². The Morgan fingerprint density at radius 2 is 2.24 bits per heavy atom. The van der Waals surface area contributed by atoms with Crippen LogP contribution in [0.2, 0.25) is 0 Å². The topological polar surface area (TPSA) is 70.1 Å². The summed E-state index contributed by atoms with van der Waals surface area (Å²) in [5.74, 6) is -0.410. The molecule has 17 heavy (non-hydrogen) atoms. The first kappa shape index (κ1) is 10.4. The Bertz CT molecular complexity index is 568. The van der Waals surface area contributed by atoms with E-state index in [0.717, 1.165) is 30.3 Å². The molecule has 0 radical (unpaired) electrons. The highest BCUT2D eigenvalue weighted by atomic mass is 16.4. The largest absolute Gasteiger partial charge is 0.417 e. The second-order valence-corrected chi connectivity index (χ2v) is 4.38. The number of oxazole rings is 1. The Labute approximate surface area is 98.2 Å². The molecule has 5 heteroatoms. The van der Waals surface area contributed by atoms with E-state index >= 15 is 0 Å². The van der Waals surface area contributed by atoms with Crippen LogP contribution in [0.3, 0.4) is 0 Å². The van der Waals surface area contributed by atoms with Crippen LogP contribution < -0.4 is 16.4 Å². The Morgan fingerprint density at radius 1 is 1.35 bits per heavy atom. The molecule has 1 heterocycles. The Morgan fingerprint density at radius 3 is 3.06 bits per heavy atom. The minimum absolute atomic E-state index is 0.410. The van der Waals surface area contributed by atoms with Gasteiger partial charge in [0.05, 0.1) is 5.52 Å². The monoisotopic (exact) mass is 233 g/mol. The molecule has 2 aromatic rings. The van der Waals surface area contributed by atoms with E-state index in [4.69, 9.17) is 4.42 Å². The molecule has 5 nitrogen and oxygen atoms in total. The zero-order valence-electron chi connectivity index (χ0n) is 9.45. The summed E-state index contributed by atoms with van der Waals surface area (Å²) in [5, 5.41) is 6.73. The lowest BCUT2D eigenvalue weighted by Gasteiger charge is -2.06. The molecule has 0 amide bonds. The van der Waals surface area contributed by atoms with Crippen molar-refractivity contribution in [3.05, 3.63) is 28.7 Å². The predicted molar refractivity (Wildman–Crippen MR) is 66.3 cm³/mol. The standard InChI is InChI=1S/C12H15N3O2/c16-12-15-10-7-9(3-4-11(10)17-12)14-6-5-13-8-1-2-8/h3-4,7-8,13-14H,1-2,5-6H2,(H,15,16). The summed E-state index contributed by atoms with van der Waals surface area (Å²) < 4.78 is 4.94. The van der Waals surface area contributed by atoms with E-state index in [9.17, 15) is 4.79 Å². The number of aromatic amines is 1. The molecular weight excluding hydrogens is 218 g/mol. The third-order valence-corrected chi connectivity index (χ3v) is 2.88. The molecule has 0 atom stereocenters. The van der Waals surface area contributed by atoms with Crippen molar-refractivity contribution >= 4 is 16.8 Å². The molecule has 1 saturated carbocycles. The first-order valence-electron chi connectivity index (χ1n) is 5.91. The molecule has 1 aromatic heterocycles. The lowest BCUT2D eigenvalue weighted by molar-refractivity contribution is 0.555. The van der Waals surface area contributed by atoms with Gasteiger partial charge < -0.3 is 15.1 Å². The number of fused-ring (bicyclic) bond motifs is 1. The van der Waals surface area contributed by atoms with Crippen molar-refractivity contribution in [3.8, 4) is 0 Å². The fraction of sp³-hybridized carbons (Fsp3) is 0.417. The SMILES string of the molecule is O=c1[nH]c2cc(NCCNC3CC3)ccc2o1. The maximum atomic E-state index is 11.0. The minimum Gasteiger partial charge on any atom is -0.408 e. The van der Waals surface area contributed by atoms with Crippen LogP contribution in [-0.4, -0.2) is 24.1 Å². The van der Waals surface area contributed by atoms with Crippen LogP contribution in [0.25, 0.3) is 11.1 Å². The normalized spacial score (nSPS) is 15.3. The van der Waals surface area contributed by atoms with Gasteiger partial charge in [-0.2, -0.15) is 0 Å². The van der Waals surface area contributed by atoms with Crippen LogP contribution in [0.1, 0.15) is 12.8 Å². The number of hydrogen-bond acceptors (Lipinski definition) is 4. The van der Waals surface area contributed by atoms with E-state index in [1.807, 2.05) is 12.1 Å². The molecule has 1 aliphatic carbocycles. The lowest BCUT2D eigenvalue weighted by Crippen LogP contribution is -2.23. The van der Waals surface area contributed by atoms with Crippen molar-refractivity contribution in [2.75, 3.05) is 18.4 Å². The van der Waals surface area contributed by atoms with E-state index in [1.54, 1.807) is 6.07 Å². The van der Waals surface area contributed by atoms with Gasteiger partial charge in [0.25, 0.3) is 0 Å². The van der Waals surface area contributed by atoms with Gasteiger partial charge >= 0.3 is 5.76 Å². The first-order valence-corrected chi connectivity index (χ1v) is 5.91. The molecule has 1 aromatic carbocycles. The van der Waals surface area contributed by atoms with Gasteiger partial charge in [0, 0.05) is 24.8 Å². The van der Waals surface area contributed by atoms with E-state index in [-0.39, 0.29) is 0 Å². The van der Waals surface area contributed by atoms with Crippen molar-refractivity contribution in [1.29, 1.82) is 0 Å². The highest BCUT2D eigenvalue weighted by Gasteiger charge is 2.19. The van der Waals surface area contributed by atoms with Gasteiger partial charge in [-0.25, -0.2) is 4.79 Å². The van der Waals surface area contributed by atoms with E-state index < -0.39 is 5.76 Å². The van der Waals surface area contributed by atoms with Gasteiger partial charge in [0.15, 0.2) is 5.58 Å². The molecule has 0 saturated heterocycles. The van der Waals surface area contributed by atoms with Gasteiger partial charge in [0.2, 0.25) is 0 Å². The number of nitrogens with one attached hydrogen (secondary N) is 3. The molecule has 90 valence electrons. The number of rotatable bonds is 5. The van der Waals surface area contributed by atoms with Gasteiger partial charge in [-0.1, -0.05) is 0 Å². The zero-order valence-corrected chi connectivity index (χ0v) is 9.45. The van der Waals surface area contributed by atoms with Gasteiger partial charge in [-0.15, -0.1) is 0 Å². The molecule has 0 aliphatic heterocycles. The summed E-state index contributed by atoms with van der Waals surface area (Å²) in [7, 11) is 0. The average Bonchev–Trinajstić information content (AvgIpc) is 3.05. The Balaban J connectivity index is 1.61. The molecule has 0 bridgehead atoms. The molecule has 1 aliphatic rings. The molecule has 3 rings (SSSR count). The van der Waals surface area contributed by atoms with E-state index in [2.05, 4.69) is 15.6 Å². The van der Waals surface area contributed by atoms with Gasteiger partial charge in [-0.3, -0.25) is 4.98 Å². The first-order chi connectivity index (χ1) is 8.31. The third-order valence-electron chi connectivity index (χ3n) is 2.88. The molecule has 0 spiro atoms. The molecular formula is C12H15N3O2. The third kappa shape index (κ3) is 2.50. The van der Waals surface area contributed by atoms with Crippen molar-refractivity contribution < 1.29 is 4.42 Å². The van der Waals surface area contributed by atoms with Crippen molar-refractivity contribution in [2.24, 2.45) is 0 Å². The van der Waals surface area contributed by atoms with Crippen molar-refractivity contribution in [3.63, 3.8) is 0 Å². The number of hydrogen-bond donors (Lipinski definition) is 3. The lowest BCUT2D eigenvalue weighted by atomic mass is 10.3. The summed E-state index contributed by atoms with van der Waals surface area (Å²) in [6, 6.07) is 6.34. The van der Waals surface area contributed by atoms with Crippen LogP contribution in [-0.2, 0) is 0 Å². The second kappa shape index (κ2) is 4.25. The van der Waals surface area contributed by atoms with Gasteiger partial charge in [0.1, 0.15) is 0 Å². The number of anilines is 1. The fourth-order valence-electron chi connectivity index (χ4n) is 1.83. The smallest absolute Gasteiger partial charge is 0.408 e. The predicted octanol–water partition coefficient (Wildman–Crippen LogP) is 1.28. The highest BCUT2D eigenvalue weighted by molar-refractivity contribution is 5.76. The van der Waals surface area contributed by atoms with Crippen LogP contribution in [0.15, 0.2) is 27.4 Å². The van der Waals surface area contributed by atoms with Crippen LogP contribution >= 0.6 is 0 Å². The maximum absolute atomic E-state index is 11.0. The number of H-pyrrole nitrogens is 1. The quantitative estimate of drug-likeness (QED) is 0.680. The Hall–Kier alpha value is -1.75. The van der Waals surface area contributed by atoms with E-state index in [0.29, 0.717) is 5.58 Å². The summed E-state index contributed by atoms with van der Waals surface area (Å²) in [6.07, 6.45) is 2.62. The second-order valence-electron chi connectivity index (χ2n) is 4.38. The maximum Gasteiger partial charge on any atom is 0.417 e. The number of benzene rings is 1. The molecule has 3 N–H and O–H groups in total. The minimum atomic E-state index is -0.410. The highest BCUT2D eigenvalue weighted by Crippen LogP contribution is 2.18. The summed E-state index contributed by atoms with van der Waals surface area (Å²) in [5.41, 5.74) is 2.32. The molecule has 1 fully saturated rings. The van der Waals surface area contributed by atoms with Crippen molar-refractivity contribution in [2.45, 2.75) is 18.9 Å². The number of aromatic nitrogens is 1. The zero-order chi connectivity index (χ0) is 11.7. The molecule has 0 unspecified atom stereocenters. The van der Waals surface area contributed by atoms with Crippen LogP contribution in [0.5, 0.6) is 0 Å². The average molecular weight is 233 g/mol. The van der Waals surface area contributed by atoms with Crippen LogP contribution in [0, 0.1) is 0 Å².